The lowest BCUT2D eigenvalue weighted by Gasteiger charge is -2.16. The molecule has 1 amide bonds. The number of ether oxygens (including phenoxy) is 1. The molecule has 9 heteroatoms. The summed E-state index contributed by atoms with van der Waals surface area (Å²) in [6.07, 6.45) is 0. The minimum absolute atomic E-state index is 0.0798. The number of nitrogens with one attached hydrogen (secondary N) is 1. The molecule has 0 saturated carbocycles. The van der Waals surface area contributed by atoms with Gasteiger partial charge in [0.05, 0.1) is 34.0 Å². The number of hydrogen-bond acceptors (Lipinski definition) is 7. The zero-order valence-electron chi connectivity index (χ0n) is 16.2. The van der Waals surface area contributed by atoms with E-state index in [-0.39, 0.29) is 16.9 Å². The van der Waals surface area contributed by atoms with Crippen LogP contribution in [0.15, 0.2) is 42.5 Å². The first-order valence-corrected chi connectivity index (χ1v) is 11.2. The third kappa shape index (κ3) is 3.10. The average molecular weight is 439 g/mol. The van der Waals surface area contributed by atoms with Crippen molar-refractivity contribution in [2.75, 3.05) is 18.2 Å². The van der Waals surface area contributed by atoms with Crippen LogP contribution < -0.4 is 10.1 Å². The summed E-state index contributed by atoms with van der Waals surface area (Å²) in [6, 6.07) is 13.2. The zero-order valence-corrected chi connectivity index (χ0v) is 17.9. The van der Waals surface area contributed by atoms with Gasteiger partial charge in [-0.25, -0.2) is 4.98 Å². The van der Waals surface area contributed by atoms with Crippen molar-refractivity contribution in [3.05, 3.63) is 59.3 Å². The number of methoxy groups -OCH3 is 1. The molecule has 152 valence electrons. The summed E-state index contributed by atoms with van der Waals surface area (Å²) in [5.41, 5.74) is 3.57. The molecule has 1 aliphatic heterocycles. The van der Waals surface area contributed by atoms with Crippen molar-refractivity contribution >= 4 is 45.0 Å². The van der Waals surface area contributed by atoms with Crippen molar-refractivity contribution < 1.29 is 14.6 Å². The summed E-state index contributed by atoms with van der Waals surface area (Å²) >= 11 is 3.05. The number of anilines is 1. The molecule has 1 aliphatic rings. The van der Waals surface area contributed by atoms with Crippen LogP contribution in [0.1, 0.15) is 22.1 Å². The van der Waals surface area contributed by atoms with Gasteiger partial charge in [0.2, 0.25) is 11.0 Å². The summed E-state index contributed by atoms with van der Waals surface area (Å²) in [7, 11) is 1.52. The number of benzene rings is 2. The van der Waals surface area contributed by atoms with Crippen LogP contribution in [-0.4, -0.2) is 38.6 Å². The third-order valence-corrected chi connectivity index (χ3v) is 7.26. The van der Waals surface area contributed by atoms with E-state index in [9.17, 15) is 9.90 Å². The highest BCUT2D eigenvalue weighted by molar-refractivity contribution is 8.00. The Bertz CT molecular complexity index is 1250. The number of nitrogens with zero attached hydrogens (tertiary/aromatic N) is 3. The van der Waals surface area contributed by atoms with Gasteiger partial charge in [0, 0.05) is 5.56 Å². The van der Waals surface area contributed by atoms with Gasteiger partial charge in [0.1, 0.15) is 5.82 Å². The van der Waals surface area contributed by atoms with E-state index in [0.29, 0.717) is 22.5 Å². The maximum Gasteiger partial charge on any atom is 0.235 e. The number of aryl methyl sites for hydroxylation is 1. The second-order valence-electron chi connectivity index (χ2n) is 6.89. The summed E-state index contributed by atoms with van der Waals surface area (Å²) in [5, 5.41) is 18.3. The number of rotatable bonds is 3. The topological polar surface area (TPSA) is 89.3 Å². The van der Waals surface area contributed by atoms with Crippen molar-refractivity contribution in [3.8, 4) is 16.6 Å². The smallest absolute Gasteiger partial charge is 0.235 e. The van der Waals surface area contributed by atoms with Crippen LogP contribution in [0, 0.1) is 6.92 Å². The molecule has 0 bridgehead atoms. The van der Waals surface area contributed by atoms with Crippen LogP contribution in [-0.2, 0) is 4.79 Å². The van der Waals surface area contributed by atoms with Gasteiger partial charge in [-0.15, -0.1) is 11.8 Å². The molecule has 0 radical (unpaired) electrons. The standard InChI is InChI=1S/C21H18N4O3S2/c1-11-18-19(12-7-8-14(26)15(9-12)28-2)29-10-17(27)23-20(18)25(24-11)21-22-13-5-3-4-6-16(13)30-21/h3-9,19,26H,10H2,1-2H3,(H,23,27)/t19-/m0/s1. The maximum atomic E-state index is 12.5. The summed E-state index contributed by atoms with van der Waals surface area (Å²) in [4.78, 5) is 17.2. The van der Waals surface area contributed by atoms with Gasteiger partial charge in [0.25, 0.3) is 0 Å². The Kier molecular flexibility index (Phi) is 4.63. The van der Waals surface area contributed by atoms with Crippen molar-refractivity contribution in [3.63, 3.8) is 0 Å². The molecule has 1 atom stereocenters. The van der Waals surface area contributed by atoms with Gasteiger partial charge in [-0.2, -0.15) is 9.78 Å². The lowest BCUT2D eigenvalue weighted by molar-refractivity contribution is -0.113. The van der Waals surface area contributed by atoms with Crippen molar-refractivity contribution in [1.82, 2.24) is 14.8 Å². The van der Waals surface area contributed by atoms with E-state index < -0.39 is 0 Å². The van der Waals surface area contributed by atoms with Crippen LogP contribution in [0.4, 0.5) is 5.82 Å². The number of aromatic hydroxyl groups is 1. The first-order chi connectivity index (χ1) is 14.5. The third-order valence-electron chi connectivity index (χ3n) is 4.98. The van der Waals surface area contributed by atoms with Crippen LogP contribution in [0.3, 0.4) is 0 Å². The highest BCUT2D eigenvalue weighted by atomic mass is 32.2. The van der Waals surface area contributed by atoms with Crippen LogP contribution in [0.2, 0.25) is 0 Å². The highest BCUT2D eigenvalue weighted by Gasteiger charge is 2.31. The van der Waals surface area contributed by atoms with Crippen molar-refractivity contribution in [2.45, 2.75) is 12.2 Å². The van der Waals surface area contributed by atoms with E-state index >= 15 is 0 Å². The maximum absolute atomic E-state index is 12.5. The molecule has 5 rings (SSSR count). The number of phenolic OH excluding ortho intramolecular Hbond substituents is 1. The molecule has 3 heterocycles. The molecule has 30 heavy (non-hydrogen) atoms. The number of para-hydroxylation sites is 1. The zero-order chi connectivity index (χ0) is 20.8. The summed E-state index contributed by atoms with van der Waals surface area (Å²) < 4.78 is 8.07. The minimum Gasteiger partial charge on any atom is -0.504 e. The molecule has 7 nitrogen and oxygen atoms in total. The van der Waals surface area contributed by atoms with E-state index in [1.54, 1.807) is 16.8 Å². The van der Waals surface area contributed by atoms with Gasteiger partial charge < -0.3 is 15.2 Å². The summed E-state index contributed by atoms with van der Waals surface area (Å²) in [6.45, 7) is 1.94. The number of amides is 1. The second-order valence-corrected chi connectivity index (χ2v) is 9.00. The van der Waals surface area contributed by atoms with Crippen LogP contribution >= 0.6 is 23.1 Å². The number of fused-ring (bicyclic) bond motifs is 2. The monoisotopic (exact) mass is 438 g/mol. The molecule has 4 aromatic rings. The number of thioether (sulfide) groups is 1. The van der Waals surface area contributed by atoms with E-state index in [4.69, 9.17) is 14.8 Å². The Morgan fingerprint density at radius 3 is 2.90 bits per heavy atom. The number of carbonyl (C=O) groups excluding carboxylic acids is 1. The number of thiazole rings is 1. The predicted octanol–water partition coefficient (Wildman–Crippen LogP) is 4.28. The normalized spacial score (nSPS) is 16.2. The lowest BCUT2D eigenvalue weighted by atomic mass is 10.0. The molecule has 0 unspecified atom stereocenters. The van der Waals surface area contributed by atoms with Gasteiger partial charge in [-0.05, 0) is 36.8 Å². The largest absolute Gasteiger partial charge is 0.504 e. The van der Waals surface area contributed by atoms with Gasteiger partial charge in [0.15, 0.2) is 11.5 Å². The molecule has 0 saturated heterocycles. The van der Waals surface area contributed by atoms with E-state index in [0.717, 1.165) is 27.0 Å². The number of phenols is 1. The SMILES string of the molecule is COc1cc([C@@H]2SCC(=O)Nc3c2c(C)nn3-c2nc3ccccc3s2)ccc1O. The number of hydrogen-bond donors (Lipinski definition) is 2. The van der Waals surface area contributed by atoms with Gasteiger partial charge >= 0.3 is 0 Å². The van der Waals surface area contributed by atoms with Crippen molar-refractivity contribution in [1.29, 1.82) is 0 Å². The van der Waals surface area contributed by atoms with E-state index in [1.807, 2.05) is 37.3 Å². The molecule has 0 spiro atoms. The first-order valence-electron chi connectivity index (χ1n) is 9.29. The molecule has 2 aromatic carbocycles. The quantitative estimate of drug-likeness (QED) is 0.496. The van der Waals surface area contributed by atoms with Gasteiger partial charge in [-0.1, -0.05) is 29.5 Å². The molecular formula is C21H18N4O3S2. The first kappa shape index (κ1) is 19.0. The lowest BCUT2D eigenvalue weighted by Crippen LogP contribution is -2.15. The Balaban J connectivity index is 1.68. The van der Waals surface area contributed by atoms with E-state index in [2.05, 4.69) is 5.32 Å². The van der Waals surface area contributed by atoms with E-state index in [1.165, 1.54) is 30.2 Å². The summed E-state index contributed by atoms with van der Waals surface area (Å²) in [5.74, 6) is 1.34. The second kappa shape index (κ2) is 7.33. The molecular weight excluding hydrogens is 420 g/mol. The molecule has 0 aliphatic carbocycles. The predicted molar refractivity (Wildman–Crippen MR) is 119 cm³/mol. The molecule has 2 aromatic heterocycles. The fourth-order valence-electron chi connectivity index (χ4n) is 3.59. The Morgan fingerprint density at radius 2 is 2.10 bits per heavy atom. The van der Waals surface area contributed by atoms with Crippen LogP contribution in [0.25, 0.3) is 15.3 Å². The molecule has 2 N–H and O–H groups in total. The van der Waals surface area contributed by atoms with Crippen molar-refractivity contribution in [2.24, 2.45) is 0 Å². The Morgan fingerprint density at radius 1 is 1.27 bits per heavy atom. The minimum atomic E-state index is -0.142. The fraction of sp³-hybridized carbons (Fsp3) is 0.190. The van der Waals surface area contributed by atoms with Gasteiger partial charge in [-0.3, -0.25) is 4.79 Å². The number of carbonyl (C=O) groups is 1. The highest BCUT2D eigenvalue weighted by Crippen LogP contribution is 2.45. The van der Waals surface area contributed by atoms with Crippen LogP contribution in [0.5, 0.6) is 11.5 Å². The molecule has 0 fully saturated rings. The number of aromatic nitrogens is 3. The average Bonchev–Trinajstić information content (AvgIpc) is 3.25. The Labute approximate surface area is 180 Å². The fourth-order valence-corrected chi connectivity index (χ4v) is 5.70. The Hall–Kier alpha value is -3.04.